The van der Waals surface area contributed by atoms with Gasteiger partial charge in [-0.05, 0) is 48.6 Å². The van der Waals surface area contributed by atoms with Crippen LogP contribution in [0, 0.1) is 0 Å². The molecule has 2 heterocycles. The quantitative estimate of drug-likeness (QED) is 0.556. The lowest BCUT2D eigenvalue weighted by atomic mass is 10.1. The molecule has 0 aliphatic carbocycles. The molecule has 0 unspecified atom stereocenters. The van der Waals surface area contributed by atoms with Gasteiger partial charge in [-0.3, -0.25) is 4.99 Å². The number of ether oxygens (including phenoxy) is 1. The van der Waals surface area contributed by atoms with E-state index in [-0.39, 0.29) is 0 Å². The van der Waals surface area contributed by atoms with Crippen molar-refractivity contribution in [3.8, 4) is 5.75 Å². The van der Waals surface area contributed by atoms with E-state index in [1.165, 1.54) is 36.8 Å². The first-order valence-electron chi connectivity index (χ1n) is 10.6. The third-order valence-corrected chi connectivity index (χ3v) is 5.30. The highest BCUT2D eigenvalue weighted by molar-refractivity contribution is 5.79. The number of nitrogens with one attached hydrogen (secondary N) is 2. The molecule has 29 heavy (non-hydrogen) atoms. The van der Waals surface area contributed by atoms with Crippen LogP contribution in [0.5, 0.6) is 5.75 Å². The summed E-state index contributed by atoms with van der Waals surface area (Å²) in [6, 6.07) is 12.4. The van der Waals surface area contributed by atoms with E-state index in [0.29, 0.717) is 0 Å². The van der Waals surface area contributed by atoms with Crippen molar-refractivity contribution in [2.45, 2.75) is 38.6 Å². The van der Waals surface area contributed by atoms with Crippen molar-refractivity contribution < 1.29 is 4.74 Å². The Balaban J connectivity index is 1.49. The number of aromatic nitrogens is 1. The van der Waals surface area contributed by atoms with E-state index >= 15 is 0 Å². The lowest BCUT2D eigenvalue weighted by Gasteiger charge is -2.22. The number of nitrogens with zero attached hydrogens (tertiary/aromatic N) is 3. The maximum Gasteiger partial charge on any atom is 0.191 e. The molecule has 6 nitrogen and oxygen atoms in total. The molecule has 2 N–H and O–H groups in total. The number of hydrogen-bond donors (Lipinski definition) is 2. The van der Waals surface area contributed by atoms with Gasteiger partial charge >= 0.3 is 0 Å². The van der Waals surface area contributed by atoms with Crippen molar-refractivity contribution in [2.24, 2.45) is 4.99 Å². The minimum atomic E-state index is 0.720. The Hall–Kier alpha value is -2.76. The molecule has 1 saturated heterocycles. The maximum atomic E-state index is 5.42. The van der Waals surface area contributed by atoms with Gasteiger partial charge in [-0.2, -0.15) is 0 Å². The van der Waals surface area contributed by atoms with E-state index in [4.69, 9.17) is 4.74 Å². The van der Waals surface area contributed by atoms with Crippen LogP contribution < -0.4 is 20.3 Å². The van der Waals surface area contributed by atoms with Gasteiger partial charge in [0.25, 0.3) is 0 Å². The summed E-state index contributed by atoms with van der Waals surface area (Å²) < 4.78 is 5.42. The van der Waals surface area contributed by atoms with Gasteiger partial charge in [0.1, 0.15) is 11.6 Å². The molecule has 0 amide bonds. The minimum Gasteiger partial charge on any atom is -0.496 e. The normalized spacial score (nSPS) is 15.0. The van der Waals surface area contributed by atoms with Crippen LogP contribution in [0.15, 0.2) is 47.6 Å². The molecular weight excluding hydrogens is 362 g/mol. The third-order valence-electron chi connectivity index (χ3n) is 5.30. The second-order valence-electron chi connectivity index (χ2n) is 7.34. The minimum absolute atomic E-state index is 0.720. The van der Waals surface area contributed by atoms with Gasteiger partial charge in [-0.15, -0.1) is 0 Å². The van der Waals surface area contributed by atoms with Crippen molar-refractivity contribution in [3.05, 3.63) is 53.7 Å². The smallest absolute Gasteiger partial charge is 0.191 e. The van der Waals surface area contributed by atoms with Gasteiger partial charge in [-0.1, -0.05) is 31.0 Å². The van der Waals surface area contributed by atoms with E-state index in [9.17, 15) is 0 Å². The Kier molecular flexibility index (Phi) is 8.16. The molecule has 0 bridgehead atoms. The van der Waals surface area contributed by atoms with E-state index < -0.39 is 0 Å². The number of para-hydroxylation sites is 1. The summed E-state index contributed by atoms with van der Waals surface area (Å²) >= 11 is 0. The molecular formula is C23H33N5O. The van der Waals surface area contributed by atoms with Crippen molar-refractivity contribution in [3.63, 3.8) is 0 Å². The van der Waals surface area contributed by atoms with Crippen LogP contribution in [0.4, 0.5) is 5.82 Å². The molecule has 0 atom stereocenters. The second kappa shape index (κ2) is 11.3. The van der Waals surface area contributed by atoms with Crippen LogP contribution in [0.1, 0.15) is 36.8 Å². The summed E-state index contributed by atoms with van der Waals surface area (Å²) in [5.74, 6) is 2.81. The molecule has 1 aliphatic rings. The number of hydrogen-bond acceptors (Lipinski definition) is 4. The first-order valence-corrected chi connectivity index (χ1v) is 10.6. The highest BCUT2D eigenvalue weighted by atomic mass is 16.5. The van der Waals surface area contributed by atoms with Gasteiger partial charge in [0.2, 0.25) is 0 Å². The molecule has 0 spiro atoms. The van der Waals surface area contributed by atoms with E-state index in [1.54, 1.807) is 14.2 Å². The lowest BCUT2D eigenvalue weighted by Crippen LogP contribution is -2.38. The maximum absolute atomic E-state index is 5.42. The second-order valence-corrected chi connectivity index (χ2v) is 7.34. The molecule has 0 saturated carbocycles. The number of rotatable bonds is 7. The predicted octanol–water partition coefficient (Wildman–Crippen LogP) is 3.38. The fraction of sp³-hybridized carbons (Fsp3) is 0.478. The summed E-state index contributed by atoms with van der Waals surface area (Å²) in [7, 11) is 3.51. The van der Waals surface area contributed by atoms with Crippen LogP contribution in [-0.4, -0.2) is 44.7 Å². The number of guanidine groups is 1. The molecule has 6 heteroatoms. The fourth-order valence-corrected chi connectivity index (χ4v) is 3.67. The predicted molar refractivity (Wildman–Crippen MR) is 120 cm³/mol. The number of anilines is 1. The van der Waals surface area contributed by atoms with Crippen molar-refractivity contribution >= 4 is 11.8 Å². The third kappa shape index (κ3) is 6.38. The van der Waals surface area contributed by atoms with Crippen LogP contribution in [0.3, 0.4) is 0 Å². The van der Waals surface area contributed by atoms with E-state index in [1.807, 2.05) is 24.4 Å². The van der Waals surface area contributed by atoms with E-state index in [0.717, 1.165) is 50.1 Å². The Labute approximate surface area is 174 Å². The number of pyridine rings is 1. The van der Waals surface area contributed by atoms with Crippen LogP contribution in [-0.2, 0) is 13.0 Å². The SMILES string of the molecule is CN=C(NCCc1ccccc1OC)NCc1ccnc(N2CCCCCC2)c1. The molecule has 1 aromatic heterocycles. The highest BCUT2D eigenvalue weighted by Crippen LogP contribution is 2.18. The zero-order chi connectivity index (χ0) is 20.3. The summed E-state index contributed by atoms with van der Waals surface area (Å²) in [5.41, 5.74) is 2.40. The number of methoxy groups -OCH3 is 1. The Morgan fingerprint density at radius 3 is 2.66 bits per heavy atom. The summed E-state index contributed by atoms with van der Waals surface area (Å²) in [6.07, 6.45) is 7.96. The van der Waals surface area contributed by atoms with Crippen LogP contribution in [0.2, 0.25) is 0 Å². The van der Waals surface area contributed by atoms with Gasteiger partial charge in [0.05, 0.1) is 7.11 Å². The topological polar surface area (TPSA) is 61.8 Å². The van der Waals surface area contributed by atoms with Crippen LogP contribution >= 0.6 is 0 Å². The van der Waals surface area contributed by atoms with E-state index in [2.05, 4.69) is 43.7 Å². The Morgan fingerprint density at radius 2 is 1.90 bits per heavy atom. The van der Waals surface area contributed by atoms with Gasteiger partial charge in [0.15, 0.2) is 5.96 Å². The average molecular weight is 396 g/mol. The standard InChI is InChI=1S/C23H33N5O/c1-24-23(26-14-12-20-9-5-6-10-21(20)29-2)27-18-19-11-13-25-22(17-19)28-15-7-3-4-8-16-28/h5-6,9-11,13,17H,3-4,7-8,12,14-16,18H2,1-2H3,(H2,24,26,27). The van der Waals surface area contributed by atoms with Crippen molar-refractivity contribution in [2.75, 3.05) is 38.7 Å². The summed E-state index contributed by atoms with van der Waals surface area (Å²) in [5, 5.41) is 6.79. The van der Waals surface area contributed by atoms with Gasteiger partial charge in [0, 0.05) is 39.4 Å². The Bertz CT molecular complexity index is 784. The largest absolute Gasteiger partial charge is 0.496 e. The molecule has 1 aliphatic heterocycles. The zero-order valence-electron chi connectivity index (χ0n) is 17.7. The lowest BCUT2D eigenvalue weighted by molar-refractivity contribution is 0.409. The first-order chi connectivity index (χ1) is 14.3. The van der Waals surface area contributed by atoms with Crippen molar-refractivity contribution in [1.82, 2.24) is 15.6 Å². The van der Waals surface area contributed by atoms with Crippen LogP contribution in [0.25, 0.3) is 0 Å². The number of aliphatic imine (C=N–C) groups is 1. The molecule has 0 radical (unpaired) electrons. The number of benzene rings is 1. The highest BCUT2D eigenvalue weighted by Gasteiger charge is 2.11. The Morgan fingerprint density at radius 1 is 1.10 bits per heavy atom. The van der Waals surface area contributed by atoms with Gasteiger partial charge < -0.3 is 20.3 Å². The average Bonchev–Trinajstić information content (AvgIpc) is 3.06. The monoisotopic (exact) mass is 395 g/mol. The zero-order valence-corrected chi connectivity index (χ0v) is 17.7. The molecule has 3 rings (SSSR count). The molecule has 2 aromatic rings. The summed E-state index contributed by atoms with van der Waals surface area (Å²) in [6.45, 7) is 3.72. The molecule has 1 aromatic carbocycles. The van der Waals surface area contributed by atoms with Gasteiger partial charge in [-0.25, -0.2) is 4.98 Å². The first kappa shape index (κ1) is 21.0. The van der Waals surface area contributed by atoms with Crippen molar-refractivity contribution in [1.29, 1.82) is 0 Å². The fourth-order valence-electron chi connectivity index (χ4n) is 3.67. The molecule has 1 fully saturated rings. The summed E-state index contributed by atoms with van der Waals surface area (Å²) in [4.78, 5) is 11.3. The molecule has 156 valence electrons.